The minimum atomic E-state index is -0.487. The highest BCUT2D eigenvalue weighted by molar-refractivity contribution is 6.31. The molecule has 0 saturated carbocycles. The Morgan fingerprint density at radius 1 is 1.21 bits per heavy atom. The van der Waals surface area contributed by atoms with Crippen molar-refractivity contribution in [3.63, 3.8) is 0 Å². The number of nitrogens with zero attached hydrogens (tertiary/aromatic N) is 2. The van der Waals surface area contributed by atoms with Gasteiger partial charge in [-0.3, -0.25) is 0 Å². The van der Waals surface area contributed by atoms with E-state index in [1.807, 2.05) is 34.9 Å². The molecule has 0 amide bonds. The van der Waals surface area contributed by atoms with Gasteiger partial charge in [-0.25, -0.2) is 9.37 Å². The minimum Gasteiger partial charge on any atom is -0.369 e. The summed E-state index contributed by atoms with van der Waals surface area (Å²) in [5.74, 6) is -0.140. The first-order valence-electron chi connectivity index (χ1n) is 5.80. The molecule has 0 fully saturated rings. The van der Waals surface area contributed by atoms with Crippen molar-refractivity contribution in [1.29, 1.82) is 0 Å². The number of nitrogens with two attached hydrogens (primary N) is 1. The van der Waals surface area contributed by atoms with E-state index in [2.05, 4.69) is 4.98 Å². The molecule has 0 aliphatic carbocycles. The maximum absolute atomic E-state index is 13.4. The molecule has 0 bridgehead atoms. The first-order chi connectivity index (χ1) is 9.15. The van der Waals surface area contributed by atoms with Crippen molar-refractivity contribution in [2.45, 2.75) is 6.54 Å². The number of nitrogen functional groups attached to an aromatic ring is 1. The molecule has 3 nitrogen and oxygen atoms in total. The number of halogens is 2. The Morgan fingerprint density at radius 3 is 2.68 bits per heavy atom. The number of fused-ring (bicyclic) bond motifs is 1. The Bertz CT molecular complexity index is 737. The van der Waals surface area contributed by atoms with Gasteiger partial charge in [0.25, 0.3) is 0 Å². The average molecular weight is 276 g/mol. The maximum Gasteiger partial charge on any atom is 0.201 e. The first-order valence-corrected chi connectivity index (χ1v) is 6.17. The van der Waals surface area contributed by atoms with E-state index in [4.69, 9.17) is 17.3 Å². The second-order valence-electron chi connectivity index (χ2n) is 4.30. The van der Waals surface area contributed by atoms with Crippen molar-refractivity contribution in [3.8, 4) is 0 Å². The molecule has 96 valence electrons. The molecule has 19 heavy (non-hydrogen) atoms. The number of anilines is 1. The lowest BCUT2D eigenvalue weighted by Gasteiger charge is -2.06. The monoisotopic (exact) mass is 275 g/mol. The fourth-order valence-electron chi connectivity index (χ4n) is 2.07. The summed E-state index contributed by atoms with van der Waals surface area (Å²) in [7, 11) is 0. The second-order valence-corrected chi connectivity index (χ2v) is 4.70. The number of rotatable bonds is 2. The Kier molecular flexibility index (Phi) is 2.87. The van der Waals surface area contributed by atoms with Crippen molar-refractivity contribution in [2.75, 3.05) is 5.73 Å². The molecular weight excluding hydrogens is 265 g/mol. The molecule has 0 aliphatic rings. The Morgan fingerprint density at radius 2 is 1.95 bits per heavy atom. The van der Waals surface area contributed by atoms with E-state index in [9.17, 15) is 4.39 Å². The summed E-state index contributed by atoms with van der Waals surface area (Å²) in [4.78, 5) is 4.15. The molecule has 5 heteroatoms. The zero-order valence-electron chi connectivity index (χ0n) is 9.98. The number of hydrogen-bond acceptors (Lipinski definition) is 2. The Balaban J connectivity index is 2.13. The highest BCUT2D eigenvalue weighted by Gasteiger charge is 2.11. The molecule has 0 saturated heterocycles. The van der Waals surface area contributed by atoms with Crippen LogP contribution in [0.15, 0.2) is 42.5 Å². The maximum atomic E-state index is 13.4. The van der Waals surface area contributed by atoms with E-state index in [0.29, 0.717) is 18.0 Å². The van der Waals surface area contributed by atoms with Crippen LogP contribution in [-0.2, 0) is 6.54 Å². The summed E-state index contributed by atoms with van der Waals surface area (Å²) in [6.45, 7) is 0.575. The summed E-state index contributed by atoms with van der Waals surface area (Å²) in [6, 6.07) is 12.7. The fourth-order valence-corrected chi connectivity index (χ4v) is 2.23. The highest BCUT2D eigenvalue weighted by atomic mass is 35.5. The molecular formula is C14H11ClFN3. The lowest BCUT2D eigenvalue weighted by Crippen LogP contribution is -2.04. The predicted octanol–water partition coefficient (Wildman–Crippen LogP) is 3.46. The van der Waals surface area contributed by atoms with Crippen LogP contribution < -0.4 is 5.73 Å². The van der Waals surface area contributed by atoms with Crippen LogP contribution in [0.5, 0.6) is 0 Å². The number of hydrogen-bond donors (Lipinski definition) is 1. The molecule has 1 aromatic heterocycles. The van der Waals surface area contributed by atoms with Crippen LogP contribution in [-0.4, -0.2) is 9.55 Å². The van der Waals surface area contributed by atoms with Gasteiger partial charge in [-0.1, -0.05) is 41.9 Å². The third-order valence-corrected chi connectivity index (χ3v) is 3.29. The highest BCUT2D eigenvalue weighted by Crippen LogP contribution is 2.25. The molecule has 2 aromatic carbocycles. The van der Waals surface area contributed by atoms with Crippen molar-refractivity contribution in [2.24, 2.45) is 0 Å². The van der Waals surface area contributed by atoms with Gasteiger partial charge in [-0.05, 0) is 11.6 Å². The van der Waals surface area contributed by atoms with E-state index in [0.717, 1.165) is 11.1 Å². The number of benzene rings is 2. The van der Waals surface area contributed by atoms with Gasteiger partial charge in [-0.15, -0.1) is 0 Å². The summed E-state index contributed by atoms with van der Waals surface area (Å²) in [6.07, 6.45) is 0. The molecule has 3 rings (SSSR count). The van der Waals surface area contributed by atoms with E-state index >= 15 is 0 Å². The van der Waals surface area contributed by atoms with E-state index in [1.165, 1.54) is 6.07 Å². The van der Waals surface area contributed by atoms with Gasteiger partial charge < -0.3 is 10.3 Å². The topological polar surface area (TPSA) is 43.8 Å². The van der Waals surface area contributed by atoms with Crippen molar-refractivity contribution >= 4 is 28.6 Å². The molecule has 0 spiro atoms. The van der Waals surface area contributed by atoms with Gasteiger partial charge in [0, 0.05) is 6.07 Å². The Labute approximate surface area is 114 Å². The van der Waals surface area contributed by atoms with E-state index in [-0.39, 0.29) is 5.02 Å². The summed E-state index contributed by atoms with van der Waals surface area (Å²) >= 11 is 5.81. The first kappa shape index (κ1) is 12.0. The summed E-state index contributed by atoms with van der Waals surface area (Å²) in [5.41, 5.74) is 8.22. The average Bonchev–Trinajstić information content (AvgIpc) is 2.68. The largest absolute Gasteiger partial charge is 0.369 e. The lowest BCUT2D eigenvalue weighted by atomic mass is 10.2. The van der Waals surface area contributed by atoms with Crippen LogP contribution in [0.25, 0.3) is 11.0 Å². The molecule has 0 unspecified atom stereocenters. The molecule has 0 aliphatic heterocycles. The van der Waals surface area contributed by atoms with Crippen LogP contribution in [0.1, 0.15) is 5.56 Å². The quantitative estimate of drug-likeness (QED) is 0.778. The molecule has 3 aromatic rings. The van der Waals surface area contributed by atoms with Gasteiger partial charge in [-0.2, -0.15) is 0 Å². The van der Waals surface area contributed by atoms with Gasteiger partial charge in [0.2, 0.25) is 5.95 Å². The van der Waals surface area contributed by atoms with Crippen LogP contribution in [0.2, 0.25) is 5.02 Å². The fraction of sp³-hybridized carbons (Fsp3) is 0.0714. The van der Waals surface area contributed by atoms with Crippen LogP contribution in [0.3, 0.4) is 0 Å². The van der Waals surface area contributed by atoms with Crippen LogP contribution >= 0.6 is 11.6 Å². The summed E-state index contributed by atoms with van der Waals surface area (Å²) < 4.78 is 15.2. The predicted molar refractivity (Wildman–Crippen MR) is 74.7 cm³/mol. The zero-order valence-corrected chi connectivity index (χ0v) is 10.7. The third-order valence-electron chi connectivity index (χ3n) is 3.00. The molecule has 0 radical (unpaired) electrons. The van der Waals surface area contributed by atoms with Gasteiger partial charge >= 0.3 is 0 Å². The van der Waals surface area contributed by atoms with Gasteiger partial charge in [0.1, 0.15) is 5.82 Å². The number of aromatic nitrogens is 2. The van der Waals surface area contributed by atoms with Crippen molar-refractivity contribution < 1.29 is 4.39 Å². The van der Waals surface area contributed by atoms with E-state index < -0.39 is 5.82 Å². The van der Waals surface area contributed by atoms with Gasteiger partial charge in [0.15, 0.2) is 0 Å². The zero-order chi connectivity index (χ0) is 13.4. The smallest absolute Gasteiger partial charge is 0.201 e. The standard InChI is InChI=1S/C14H11ClFN3/c15-10-6-13-12(7-11(10)16)18-14(17)19(13)8-9-4-2-1-3-5-9/h1-7H,8H2,(H2,17,18). The van der Waals surface area contributed by atoms with Crippen molar-refractivity contribution in [1.82, 2.24) is 9.55 Å². The third kappa shape index (κ3) is 2.15. The van der Waals surface area contributed by atoms with Crippen LogP contribution in [0.4, 0.5) is 10.3 Å². The normalized spacial score (nSPS) is 11.1. The minimum absolute atomic E-state index is 0.0710. The Hall–Kier alpha value is -2.07. The van der Waals surface area contributed by atoms with E-state index in [1.54, 1.807) is 6.07 Å². The second kappa shape index (κ2) is 4.55. The molecule has 1 heterocycles. The molecule has 2 N–H and O–H groups in total. The van der Waals surface area contributed by atoms with Crippen LogP contribution in [0, 0.1) is 5.82 Å². The SMILES string of the molecule is Nc1nc2cc(F)c(Cl)cc2n1Cc1ccccc1. The summed E-state index contributed by atoms with van der Waals surface area (Å²) in [5, 5.41) is 0.0710. The lowest BCUT2D eigenvalue weighted by molar-refractivity contribution is 0.629. The molecule has 0 atom stereocenters. The van der Waals surface area contributed by atoms with Crippen molar-refractivity contribution in [3.05, 3.63) is 58.9 Å². The van der Waals surface area contributed by atoms with Gasteiger partial charge in [0.05, 0.1) is 22.6 Å². The number of imidazole rings is 1.